The summed E-state index contributed by atoms with van der Waals surface area (Å²) in [6, 6.07) is 9.87. The zero-order valence-electron chi connectivity index (χ0n) is 37.0. The fraction of sp³-hybridized carbons (Fsp3) is 0.422. The molecule has 3 N–H and O–H groups in total. The average molecular weight is 961 g/mol. The van der Waals surface area contributed by atoms with Crippen molar-refractivity contribution >= 4 is 70.1 Å². The number of aliphatic imine (C=N–C) groups is 1. The van der Waals surface area contributed by atoms with Gasteiger partial charge < -0.3 is 34.3 Å². The van der Waals surface area contributed by atoms with Gasteiger partial charge in [0, 0.05) is 48.9 Å². The first-order valence-corrected chi connectivity index (χ1v) is 22.8. The number of amides is 6. The molecule has 1 saturated heterocycles. The Kier molecular flexibility index (Phi) is 16.2. The number of piperidine rings is 1. The molecule has 3 aliphatic rings. The number of carbonyl (C=O) groups excluding carboxylic acids is 7. The van der Waals surface area contributed by atoms with Gasteiger partial charge in [-0.15, -0.1) is 21.5 Å². The molecule has 6 amide bonds. The number of hydrogen-bond donors (Lipinski definition) is 3. The SMILES string of the molecule is COC(=O)C[C@H]1N=C(c2ccc(Cl)cc2)c2c(sc(C(=O)NCCCOCCOCCOCCCNC(=O)COc3cccc4c3C(=O)N(C3CCC(=O)NC3=O)C4=O)c2C)-n2c(C)nnc21. The third kappa shape index (κ3) is 11.3. The first-order chi connectivity index (χ1) is 32.4. The summed E-state index contributed by atoms with van der Waals surface area (Å²) in [5, 5.41) is 17.8. The lowest BCUT2D eigenvalue weighted by molar-refractivity contribution is -0.141. The Balaban J connectivity index is 0.761. The van der Waals surface area contributed by atoms with Gasteiger partial charge in [0.1, 0.15) is 28.7 Å². The zero-order chi connectivity index (χ0) is 47.6. The van der Waals surface area contributed by atoms with E-state index in [-0.39, 0.29) is 42.0 Å². The molecular weight excluding hydrogens is 912 g/mol. The lowest BCUT2D eigenvalue weighted by atomic mass is 9.99. The minimum absolute atomic E-state index is 0.00120. The van der Waals surface area contributed by atoms with E-state index in [0.717, 1.165) is 26.6 Å². The number of imide groups is 2. The van der Waals surface area contributed by atoms with Gasteiger partial charge in [0.15, 0.2) is 12.4 Å². The van der Waals surface area contributed by atoms with Crippen LogP contribution in [0, 0.1) is 13.8 Å². The predicted molar refractivity (Wildman–Crippen MR) is 241 cm³/mol. The molecule has 7 rings (SSSR count). The van der Waals surface area contributed by atoms with Crippen LogP contribution in [0.1, 0.15) is 96.9 Å². The molecule has 1 fully saturated rings. The van der Waals surface area contributed by atoms with Crippen LogP contribution in [-0.4, -0.2) is 139 Å². The number of aromatic nitrogens is 3. The van der Waals surface area contributed by atoms with E-state index in [1.54, 1.807) is 12.1 Å². The number of halogens is 1. The summed E-state index contributed by atoms with van der Waals surface area (Å²) in [7, 11) is 1.32. The van der Waals surface area contributed by atoms with Gasteiger partial charge in [0.2, 0.25) is 11.8 Å². The number of hydrogen-bond acceptors (Lipinski definition) is 16. The summed E-state index contributed by atoms with van der Waals surface area (Å²) in [6.07, 6.45) is 1.08. The lowest BCUT2D eigenvalue weighted by Crippen LogP contribution is -2.54. The molecule has 2 aromatic carbocycles. The number of fused-ring (bicyclic) bond motifs is 4. The molecule has 0 saturated carbocycles. The molecule has 20 nitrogen and oxygen atoms in total. The quantitative estimate of drug-likeness (QED) is 0.0582. The van der Waals surface area contributed by atoms with Crippen LogP contribution in [0.25, 0.3) is 5.00 Å². The topological polar surface area (TPSA) is 248 Å². The molecular formula is C45H49ClN8O12S. The molecule has 0 spiro atoms. The van der Waals surface area contributed by atoms with Gasteiger partial charge in [-0.1, -0.05) is 29.8 Å². The molecule has 0 bridgehead atoms. The van der Waals surface area contributed by atoms with Gasteiger partial charge in [-0.05, 0) is 62.9 Å². The van der Waals surface area contributed by atoms with E-state index in [4.69, 9.17) is 40.3 Å². The standard InChI is InChI=1S/C45H49ClN8O12S/c1-25-36-38(27-9-11-28(46)12-10-27)49-30(23-35(57)62-3)40-52-51-26(2)53(40)45(36)67-39(25)42(59)48-16-6-18-64-20-22-65-21-19-63-17-5-15-47-34(56)24-66-32-8-4-7-29-37(32)44(61)54(43(29)60)31-13-14-33(55)50-41(31)58/h4,7-12,30-31H,5-6,13-24H2,1-3H3,(H,47,56)(H,48,59)(H,50,55,58)/t30-,31?/m1/s1. The van der Waals surface area contributed by atoms with E-state index in [1.165, 1.54) is 36.6 Å². The molecule has 354 valence electrons. The first kappa shape index (κ1) is 48.5. The van der Waals surface area contributed by atoms with Crippen LogP contribution in [0.4, 0.5) is 0 Å². The van der Waals surface area contributed by atoms with Crippen LogP contribution >= 0.6 is 22.9 Å². The first-order valence-electron chi connectivity index (χ1n) is 21.6. The van der Waals surface area contributed by atoms with E-state index >= 15 is 0 Å². The van der Waals surface area contributed by atoms with Gasteiger partial charge in [0.05, 0.1) is 61.7 Å². The molecule has 2 aromatic heterocycles. The predicted octanol–water partition coefficient (Wildman–Crippen LogP) is 3.21. The number of benzene rings is 2. The maximum absolute atomic E-state index is 13.6. The van der Waals surface area contributed by atoms with Crippen molar-refractivity contribution in [2.75, 3.05) is 66.4 Å². The normalized spacial score (nSPS) is 16.4. The van der Waals surface area contributed by atoms with Crippen LogP contribution in [0.3, 0.4) is 0 Å². The van der Waals surface area contributed by atoms with E-state index in [1.807, 2.05) is 30.5 Å². The fourth-order valence-electron chi connectivity index (χ4n) is 7.68. The Labute approximate surface area is 393 Å². The van der Waals surface area contributed by atoms with Crippen LogP contribution in [0.5, 0.6) is 5.75 Å². The van der Waals surface area contributed by atoms with Crippen LogP contribution < -0.4 is 20.7 Å². The summed E-state index contributed by atoms with van der Waals surface area (Å²) < 4.78 is 29.3. The van der Waals surface area contributed by atoms with Gasteiger partial charge in [-0.25, -0.2) is 0 Å². The van der Waals surface area contributed by atoms with E-state index in [0.29, 0.717) is 92.8 Å². The maximum atomic E-state index is 13.6. The van der Waals surface area contributed by atoms with E-state index in [2.05, 4.69) is 26.1 Å². The fourth-order valence-corrected chi connectivity index (χ4v) is 9.09. The number of nitrogens with zero attached hydrogens (tertiary/aromatic N) is 5. The minimum atomic E-state index is -1.11. The second-order valence-electron chi connectivity index (χ2n) is 15.5. The third-order valence-electron chi connectivity index (χ3n) is 11.0. The smallest absolute Gasteiger partial charge is 0.308 e. The molecule has 0 aliphatic carbocycles. The van der Waals surface area contributed by atoms with Gasteiger partial charge >= 0.3 is 5.97 Å². The van der Waals surface area contributed by atoms with Crippen LogP contribution in [0.15, 0.2) is 47.5 Å². The Morgan fingerprint density at radius 1 is 0.866 bits per heavy atom. The van der Waals surface area contributed by atoms with Crippen LogP contribution in [0.2, 0.25) is 5.02 Å². The number of thiophene rings is 1. The molecule has 5 heterocycles. The van der Waals surface area contributed by atoms with E-state index in [9.17, 15) is 33.6 Å². The largest absolute Gasteiger partial charge is 0.483 e. The number of aryl methyl sites for hydroxylation is 1. The van der Waals surface area contributed by atoms with E-state index < -0.39 is 54.2 Å². The molecule has 4 aromatic rings. The number of rotatable bonds is 22. The van der Waals surface area contributed by atoms with Crippen molar-refractivity contribution in [3.63, 3.8) is 0 Å². The molecule has 1 unspecified atom stereocenters. The van der Waals surface area contributed by atoms with Crippen molar-refractivity contribution in [3.8, 4) is 10.8 Å². The molecule has 67 heavy (non-hydrogen) atoms. The van der Waals surface area contributed by atoms with Crippen molar-refractivity contribution in [1.29, 1.82) is 0 Å². The highest BCUT2D eigenvalue weighted by atomic mass is 35.5. The highest BCUT2D eigenvalue weighted by Gasteiger charge is 2.46. The van der Waals surface area contributed by atoms with Crippen molar-refractivity contribution in [2.45, 2.75) is 58.0 Å². The Bertz CT molecular complexity index is 2580. The molecule has 3 aliphatic heterocycles. The summed E-state index contributed by atoms with van der Waals surface area (Å²) in [5.41, 5.74) is 2.86. The Hall–Kier alpha value is -6.39. The second kappa shape index (κ2) is 22.4. The molecule has 0 radical (unpaired) electrons. The third-order valence-corrected chi connectivity index (χ3v) is 12.5. The second-order valence-corrected chi connectivity index (χ2v) is 17.0. The maximum Gasteiger partial charge on any atom is 0.308 e. The summed E-state index contributed by atoms with van der Waals surface area (Å²) >= 11 is 7.52. The zero-order valence-corrected chi connectivity index (χ0v) is 38.6. The summed E-state index contributed by atoms with van der Waals surface area (Å²) in [5.74, 6) is -2.60. The lowest BCUT2D eigenvalue weighted by Gasteiger charge is -2.27. The highest BCUT2D eigenvalue weighted by Crippen LogP contribution is 2.40. The molecule has 22 heteroatoms. The number of methoxy groups -OCH3 is 1. The number of ether oxygens (including phenoxy) is 5. The van der Waals surface area contributed by atoms with Crippen LogP contribution in [-0.2, 0) is 38.1 Å². The Morgan fingerprint density at radius 3 is 2.24 bits per heavy atom. The number of carbonyl (C=O) groups is 7. The minimum Gasteiger partial charge on any atom is -0.483 e. The van der Waals surface area contributed by atoms with Crippen molar-refractivity contribution in [3.05, 3.63) is 91.8 Å². The summed E-state index contributed by atoms with van der Waals surface area (Å²) in [6.45, 7) is 6.15. The Morgan fingerprint density at radius 2 is 1.55 bits per heavy atom. The number of nitrogens with one attached hydrogen (secondary N) is 3. The monoisotopic (exact) mass is 960 g/mol. The summed E-state index contributed by atoms with van der Waals surface area (Å²) in [4.78, 5) is 95.0. The van der Waals surface area contributed by atoms with Crippen molar-refractivity contribution in [2.24, 2.45) is 4.99 Å². The number of esters is 1. The van der Waals surface area contributed by atoms with Gasteiger partial charge in [0.25, 0.3) is 23.6 Å². The van der Waals surface area contributed by atoms with Gasteiger partial charge in [-0.2, -0.15) is 0 Å². The van der Waals surface area contributed by atoms with Gasteiger partial charge in [-0.3, -0.25) is 53.3 Å². The average Bonchev–Trinajstić information content (AvgIpc) is 3.91. The molecule has 2 atom stereocenters. The van der Waals surface area contributed by atoms with Crippen molar-refractivity contribution in [1.82, 2.24) is 35.6 Å². The highest BCUT2D eigenvalue weighted by molar-refractivity contribution is 7.17. The van der Waals surface area contributed by atoms with Crippen molar-refractivity contribution < 1.29 is 57.2 Å².